The minimum atomic E-state index is -1.55. The van der Waals surface area contributed by atoms with Crippen LogP contribution < -0.4 is 14.8 Å². The highest BCUT2D eigenvalue weighted by Crippen LogP contribution is 2.33. The van der Waals surface area contributed by atoms with Crippen LogP contribution in [0.25, 0.3) is 11.1 Å². The molecule has 202 valence electrons. The van der Waals surface area contributed by atoms with E-state index in [1.807, 2.05) is 18.2 Å². The minimum Gasteiger partial charge on any atom is -0.474 e. The largest absolute Gasteiger partial charge is 0.474 e. The van der Waals surface area contributed by atoms with Crippen LogP contribution in [-0.2, 0) is 29.1 Å². The average molecular weight is 537 g/mol. The number of amides is 2. The fourth-order valence-electron chi connectivity index (χ4n) is 4.54. The minimum absolute atomic E-state index is 0.0223. The normalized spacial score (nSPS) is 11.6. The first-order valence-electron chi connectivity index (χ1n) is 12.9. The molecule has 40 heavy (non-hydrogen) atoms. The fraction of sp³-hybridized carbons (Fsp3) is 0.156. The lowest BCUT2D eigenvalue weighted by atomic mass is 10.0. The summed E-state index contributed by atoms with van der Waals surface area (Å²) >= 11 is 0. The highest BCUT2D eigenvalue weighted by Gasteiger charge is 2.23. The van der Waals surface area contributed by atoms with Crippen LogP contribution in [0.3, 0.4) is 0 Å². The van der Waals surface area contributed by atoms with E-state index in [0.717, 1.165) is 16.7 Å². The van der Waals surface area contributed by atoms with Gasteiger partial charge in [-0.05, 0) is 58.5 Å². The maximum atomic E-state index is 12.8. The van der Waals surface area contributed by atoms with Crippen LogP contribution in [-0.4, -0.2) is 41.1 Å². The Morgan fingerprint density at radius 2 is 1.40 bits per heavy atom. The first kappa shape index (κ1) is 26.5. The number of hydrogen-bond acceptors (Lipinski definition) is 5. The molecule has 1 aliphatic rings. The van der Waals surface area contributed by atoms with Crippen molar-refractivity contribution in [3.8, 4) is 22.6 Å². The van der Waals surface area contributed by atoms with Gasteiger partial charge in [-0.25, -0.2) is 4.79 Å². The zero-order valence-corrected chi connectivity index (χ0v) is 21.7. The van der Waals surface area contributed by atoms with E-state index < -0.39 is 11.9 Å². The zero-order chi connectivity index (χ0) is 27.9. The second-order valence-electron chi connectivity index (χ2n) is 9.42. The van der Waals surface area contributed by atoms with Crippen molar-refractivity contribution in [2.24, 2.45) is 0 Å². The summed E-state index contributed by atoms with van der Waals surface area (Å²) in [7, 11) is 0. The molecule has 0 bridgehead atoms. The van der Waals surface area contributed by atoms with Gasteiger partial charge in [-0.15, -0.1) is 0 Å². The lowest BCUT2D eigenvalue weighted by Crippen LogP contribution is -2.35. The molecule has 4 aromatic carbocycles. The third kappa shape index (κ3) is 6.47. The summed E-state index contributed by atoms with van der Waals surface area (Å²) < 4.78 is 10.7. The number of carboxylic acid groups (broad SMARTS) is 1. The Kier molecular flexibility index (Phi) is 8.06. The van der Waals surface area contributed by atoms with Gasteiger partial charge in [-0.2, -0.15) is 0 Å². The van der Waals surface area contributed by atoms with Gasteiger partial charge in [0, 0.05) is 25.2 Å². The van der Waals surface area contributed by atoms with Crippen molar-refractivity contribution in [2.45, 2.75) is 19.5 Å². The SMILES string of the molecule is O=C(O)C(=O)N(Cc1cccc(C(=O)NCCc2ccc(-c3ccccc3)cc2)c1)Cc1ccc2c(c1)OCO2. The van der Waals surface area contributed by atoms with E-state index in [4.69, 9.17) is 9.47 Å². The Hall–Kier alpha value is -5.11. The van der Waals surface area contributed by atoms with Gasteiger partial charge in [0.2, 0.25) is 6.79 Å². The average Bonchev–Trinajstić information content (AvgIpc) is 3.45. The standard InChI is InChI=1S/C32H28N2O6/c35-30(33-16-15-22-9-12-26(13-10-22)25-6-2-1-3-7-25)27-8-4-5-23(17-27)19-34(31(36)32(37)38)20-24-11-14-28-29(18-24)40-21-39-28/h1-14,17-18H,15-16,19-21H2,(H,33,35)(H,37,38). The Morgan fingerprint density at radius 3 is 2.15 bits per heavy atom. The van der Waals surface area contributed by atoms with Crippen molar-refractivity contribution in [3.05, 3.63) is 119 Å². The van der Waals surface area contributed by atoms with Crippen molar-refractivity contribution in [1.29, 1.82) is 0 Å². The molecule has 0 atom stereocenters. The Morgan fingerprint density at radius 1 is 0.725 bits per heavy atom. The van der Waals surface area contributed by atoms with E-state index >= 15 is 0 Å². The molecule has 2 N–H and O–H groups in total. The summed E-state index contributed by atoms with van der Waals surface area (Å²) in [5, 5.41) is 12.3. The summed E-state index contributed by atoms with van der Waals surface area (Å²) in [6.07, 6.45) is 0.678. The van der Waals surface area contributed by atoms with E-state index in [1.165, 1.54) is 4.90 Å². The molecule has 2 amide bonds. The van der Waals surface area contributed by atoms with E-state index in [9.17, 15) is 19.5 Å². The molecule has 0 fully saturated rings. The van der Waals surface area contributed by atoms with Gasteiger partial charge in [0.05, 0.1) is 0 Å². The number of nitrogens with zero attached hydrogens (tertiary/aromatic N) is 1. The van der Waals surface area contributed by atoms with Crippen LogP contribution in [0.2, 0.25) is 0 Å². The molecule has 0 spiro atoms. The molecular weight excluding hydrogens is 508 g/mol. The molecule has 1 aliphatic heterocycles. The van der Waals surface area contributed by atoms with Crippen molar-refractivity contribution in [2.75, 3.05) is 13.3 Å². The molecule has 5 rings (SSSR count). The molecule has 4 aromatic rings. The Bertz CT molecular complexity index is 1520. The summed E-state index contributed by atoms with van der Waals surface area (Å²) in [5.41, 5.74) is 5.17. The molecular formula is C32H28N2O6. The van der Waals surface area contributed by atoms with E-state index in [0.29, 0.717) is 41.2 Å². The fourth-order valence-corrected chi connectivity index (χ4v) is 4.54. The molecule has 8 heteroatoms. The molecule has 0 saturated carbocycles. The van der Waals surface area contributed by atoms with Gasteiger partial charge in [0.15, 0.2) is 11.5 Å². The molecule has 0 aliphatic carbocycles. The van der Waals surface area contributed by atoms with Crippen LogP contribution in [0.1, 0.15) is 27.0 Å². The number of carboxylic acids is 1. The van der Waals surface area contributed by atoms with Crippen molar-refractivity contribution in [3.63, 3.8) is 0 Å². The number of nitrogens with one attached hydrogen (secondary N) is 1. The van der Waals surface area contributed by atoms with Gasteiger partial charge in [-0.1, -0.05) is 72.8 Å². The van der Waals surface area contributed by atoms with E-state index in [1.54, 1.807) is 42.5 Å². The predicted molar refractivity (Wildman–Crippen MR) is 149 cm³/mol. The molecule has 0 radical (unpaired) electrons. The third-order valence-electron chi connectivity index (χ3n) is 6.60. The monoisotopic (exact) mass is 536 g/mol. The summed E-state index contributed by atoms with van der Waals surface area (Å²) in [4.78, 5) is 38.0. The number of carbonyl (C=O) groups excluding carboxylic acids is 2. The van der Waals surface area contributed by atoms with Gasteiger partial charge in [0.1, 0.15) is 0 Å². The Balaban J connectivity index is 1.19. The smallest absolute Gasteiger partial charge is 0.394 e. The maximum absolute atomic E-state index is 12.8. The van der Waals surface area contributed by atoms with Crippen molar-refractivity contribution >= 4 is 17.8 Å². The third-order valence-corrected chi connectivity index (χ3v) is 6.60. The highest BCUT2D eigenvalue weighted by molar-refractivity contribution is 6.31. The topological polar surface area (TPSA) is 105 Å². The number of rotatable bonds is 9. The highest BCUT2D eigenvalue weighted by atomic mass is 16.7. The number of carbonyl (C=O) groups is 3. The van der Waals surface area contributed by atoms with E-state index in [-0.39, 0.29) is 25.8 Å². The number of benzene rings is 4. The molecule has 0 unspecified atom stereocenters. The summed E-state index contributed by atoms with van der Waals surface area (Å²) in [6.45, 7) is 0.656. The lowest BCUT2D eigenvalue weighted by molar-refractivity contribution is -0.156. The van der Waals surface area contributed by atoms with Gasteiger partial charge in [0.25, 0.3) is 5.91 Å². The summed E-state index contributed by atoms with van der Waals surface area (Å²) in [5.74, 6) is -1.68. The quantitative estimate of drug-likeness (QED) is 0.301. The molecule has 8 nitrogen and oxygen atoms in total. The molecule has 1 heterocycles. The first-order chi connectivity index (χ1) is 19.5. The molecule has 0 saturated heterocycles. The van der Waals surface area contributed by atoms with Crippen LogP contribution in [0.5, 0.6) is 11.5 Å². The van der Waals surface area contributed by atoms with Crippen LogP contribution >= 0.6 is 0 Å². The van der Waals surface area contributed by atoms with Gasteiger partial charge >= 0.3 is 11.9 Å². The number of fused-ring (bicyclic) bond motifs is 1. The zero-order valence-electron chi connectivity index (χ0n) is 21.7. The maximum Gasteiger partial charge on any atom is 0.394 e. The molecule has 0 aromatic heterocycles. The number of ether oxygens (including phenoxy) is 2. The number of hydrogen-bond donors (Lipinski definition) is 2. The van der Waals surface area contributed by atoms with Crippen molar-refractivity contribution in [1.82, 2.24) is 10.2 Å². The number of aliphatic carboxylic acids is 1. The van der Waals surface area contributed by atoms with Crippen LogP contribution in [0, 0.1) is 0 Å². The van der Waals surface area contributed by atoms with E-state index in [2.05, 4.69) is 41.7 Å². The van der Waals surface area contributed by atoms with Crippen LogP contribution in [0.4, 0.5) is 0 Å². The predicted octanol–water partition coefficient (Wildman–Crippen LogP) is 4.67. The second kappa shape index (κ2) is 12.2. The lowest BCUT2D eigenvalue weighted by Gasteiger charge is -2.21. The second-order valence-corrected chi connectivity index (χ2v) is 9.42. The van der Waals surface area contributed by atoms with Crippen molar-refractivity contribution < 1.29 is 29.0 Å². The Labute approximate surface area is 231 Å². The summed E-state index contributed by atoms with van der Waals surface area (Å²) in [6, 6.07) is 30.5. The first-order valence-corrected chi connectivity index (χ1v) is 12.9. The van der Waals surface area contributed by atoms with Gasteiger partial charge in [-0.3, -0.25) is 9.59 Å². The van der Waals surface area contributed by atoms with Gasteiger partial charge < -0.3 is 24.8 Å². The van der Waals surface area contributed by atoms with Crippen LogP contribution in [0.15, 0.2) is 97.1 Å².